The van der Waals surface area contributed by atoms with Crippen LogP contribution in [0.1, 0.15) is 43.3 Å². The molecule has 0 fully saturated rings. The molecule has 0 bridgehead atoms. The van der Waals surface area contributed by atoms with Gasteiger partial charge in [0.25, 0.3) is 0 Å². The second-order valence-corrected chi connectivity index (χ2v) is 5.11. The van der Waals surface area contributed by atoms with E-state index >= 15 is 0 Å². The summed E-state index contributed by atoms with van der Waals surface area (Å²) < 4.78 is 10.5. The molecule has 0 aliphatic heterocycles. The third-order valence-corrected chi connectivity index (χ3v) is 2.76. The first kappa shape index (κ1) is 17.7. The fraction of sp³-hybridized carbons (Fsp3) is 0.333. The monoisotopic (exact) mass is 302 g/mol. The highest BCUT2D eigenvalue weighted by Gasteiger charge is 1.99. The Labute approximate surface area is 130 Å². The molecule has 0 saturated heterocycles. The van der Waals surface area contributed by atoms with Crippen molar-refractivity contribution in [2.75, 3.05) is 0 Å². The molecule has 0 aromatic carbocycles. The largest absolute Gasteiger partial charge is 0.466 e. The van der Waals surface area contributed by atoms with Crippen LogP contribution < -0.4 is 0 Å². The Balaban J connectivity index is 0.000000220. The molecule has 0 amide bonds. The molecular weight excluding hydrogens is 280 g/mol. The van der Waals surface area contributed by atoms with Gasteiger partial charge in [-0.3, -0.25) is 4.79 Å². The minimum atomic E-state index is 0.0269. The Morgan fingerprint density at radius 1 is 1.00 bits per heavy atom. The molecule has 0 aliphatic rings. The Kier molecular flexibility index (Phi) is 7.09. The quantitative estimate of drug-likeness (QED) is 0.773. The molecule has 0 spiro atoms. The number of rotatable bonds is 5. The predicted molar refractivity (Wildman–Crippen MR) is 85.6 cm³/mol. The van der Waals surface area contributed by atoms with Crippen molar-refractivity contribution in [3.8, 4) is 0 Å². The van der Waals surface area contributed by atoms with E-state index in [1.807, 2.05) is 38.1 Å². The smallest absolute Gasteiger partial charge is 0.152 e. The van der Waals surface area contributed by atoms with E-state index in [0.717, 1.165) is 29.5 Å². The summed E-state index contributed by atoms with van der Waals surface area (Å²) in [5.41, 5.74) is 0. The molecule has 118 valence electrons. The van der Waals surface area contributed by atoms with E-state index in [9.17, 15) is 9.59 Å². The maximum absolute atomic E-state index is 10.6. The van der Waals surface area contributed by atoms with Crippen LogP contribution in [0.3, 0.4) is 0 Å². The zero-order valence-electron chi connectivity index (χ0n) is 13.5. The minimum absolute atomic E-state index is 0.0269. The lowest BCUT2D eigenvalue weighted by Gasteiger charge is -1.91. The summed E-state index contributed by atoms with van der Waals surface area (Å²) in [5.74, 6) is 3.62. The van der Waals surface area contributed by atoms with Gasteiger partial charge in [-0.15, -0.1) is 0 Å². The molecule has 0 radical (unpaired) electrons. The Hall–Kier alpha value is -2.36. The van der Waals surface area contributed by atoms with E-state index in [1.165, 1.54) is 13.0 Å². The van der Waals surface area contributed by atoms with Gasteiger partial charge in [0.1, 0.15) is 28.8 Å². The van der Waals surface area contributed by atoms with Gasteiger partial charge in [-0.25, -0.2) is 0 Å². The van der Waals surface area contributed by atoms with Crippen LogP contribution in [0.15, 0.2) is 39.2 Å². The van der Waals surface area contributed by atoms with E-state index in [1.54, 1.807) is 13.0 Å². The van der Waals surface area contributed by atoms with Gasteiger partial charge < -0.3 is 13.6 Å². The first-order chi connectivity index (χ1) is 10.4. The highest BCUT2D eigenvalue weighted by atomic mass is 16.3. The van der Waals surface area contributed by atoms with Gasteiger partial charge in [0.2, 0.25) is 0 Å². The highest BCUT2D eigenvalue weighted by Crippen LogP contribution is 2.08. The number of hydrogen-bond acceptors (Lipinski definition) is 4. The highest BCUT2D eigenvalue weighted by molar-refractivity contribution is 5.91. The van der Waals surface area contributed by atoms with E-state index in [-0.39, 0.29) is 11.6 Å². The van der Waals surface area contributed by atoms with E-state index < -0.39 is 0 Å². The molecule has 2 heterocycles. The van der Waals surface area contributed by atoms with Crippen LogP contribution in [0.25, 0.3) is 6.08 Å². The van der Waals surface area contributed by atoms with Crippen LogP contribution in [0.5, 0.6) is 0 Å². The van der Waals surface area contributed by atoms with Crippen molar-refractivity contribution < 1.29 is 18.4 Å². The second kappa shape index (κ2) is 8.82. The summed E-state index contributed by atoms with van der Waals surface area (Å²) in [6, 6.07) is 7.52. The molecule has 2 rings (SSSR count). The van der Waals surface area contributed by atoms with E-state index in [2.05, 4.69) is 0 Å². The Bertz CT molecular complexity index is 644. The van der Waals surface area contributed by atoms with Crippen LogP contribution in [-0.2, 0) is 16.0 Å². The van der Waals surface area contributed by atoms with Gasteiger partial charge in [0.05, 0.1) is 0 Å². The average Bonchev–Trinajstić information content (AvgIpc) is 3.03. The number of ketones is 2. The number of carbonyl (C=O) groups is 2. The number of Topliss-reactive ketones (excluding diaryl/α,β-unsaturated/α-hetero) is 1. The summed E-state index contributed by atoms with van der Waals surface area (Å²) >= 11 is 0. The first-order valence-electron chi connectivity index (χ1n) is 7.16. The van der Waals surface area contributed by atoms with Crippen molar-refractivity contribution in [1.29, 1.82) is 0 Å². The average molecular weight is 302 g/mol. The van der Waals surface area contributed by atoms with Gasteiger partial charge in [-0.2, -0.15) is 0 Å². The molecule has 4 heteroatoms. The molecule has 0 atom stereocenters. The van der Waals surface area contributed by atoms with Gasteiger partial charge in [0.15, 0.2) is 5.78 Å². The SMILES string of the molecule is CC(=O)/C=C/c1ccc(C)o1.CC(=O)CCc1ccc(C)o1. The zero-order chi connectivity index (χ0) is 16.5. The molecule has 2 aromatic heterocycles. The number of furan rings is 2. The fourth-order valence-electron chi connectivity index (χ4n) is 1.66. The van der Waals surface area contributed by atoms with Crippen molar-refractivity contribution in [2.45, 2.75) is 40.5 Å². The summed E-state index contributed by atoms with van der Waals surface area (Å²) in [7, 11) is 0. The maximum Gasteiger partial charge on any atom is 0.152 e. The molecular formula is C18H22O4. The fourth-order valence-corrected chi connectivity index (χ4v) is 1.66. The van der Waals surface area contributed by atoms with Crippen LogP contribution in [0.4, 0.5) is 0 Å². The Morgan fingerprint density at radius 2 is 1.64 bits per heavy atom. The summed E-state index contributed by atoms with van der Waals surface area (Å²) in [5, 5.41) is 0. The maximum atomic E-state index is 10.6. The lowest BCUT2D eigenvalue weighted by atomic mass is 10.2. The van der Waals surface area contributed by atoms with Crippen LogP contribution in [-0.4, -0.2) is 11.6 Å². The molecule has 0 aliphatic carbocycles. The normalized spacial score (nSPS) is 10.4. The Morgan fingerprint density at radius 3 is 2.09 bits per heavy atom. The lowest BCUT2D eigenvalue weighted by molar-refractivity contribution is -0.117. The molecule has 0 N–H and O–H groups in total. The van der Waals surface area contributed by atoms with Gasteiger partial charge in [0, 0.05) is 12.8 Å². The van der Waals surface area contributed by atoms with Gasteiger partial charge in [-0.05, 0) is 64.1 Å². The van der Waals surface area contributed by atoms with Crippen LogP contribution >= 0.6 is 0 Å². The van der Waals surface area contributed by atoms with Crippen molar-refractivity contribution in [1.82, 2.24) is 0 Å². The van der Waals surface area contributed by atoms with Crippen molar-refractivity contribution in [2.24, 2.45) is 0 Å². The second-order valence-electron chi connectivity index (χ2n) is 5.11. The molecule has 2 aromatic rings. The standard InChI is InChI=1S/C9H12O2.C9H10O2/c2*1-7(10)3-5-9-6-4-8(2)11-9/h4,6H,3,5H2,1-2H3;3-6H,1-2H3/b;5-3+. The van der Waals surface area contributed by atoms with Crippen LogP contribution in [0.2, 0.25) is 0 Å². The number of aryl methyl sites for hydroxylation is 3. The van der Waals surface area contributed by atoms with Gasteiger partial charge in [-0.1, -0.05) is 0 Å². The third kappa shape index (κ3) is 7.43. The summed E-state index contributed by atoms with van der Waals surface area (Å²) in [6.45, 7) is 6.87. The predicted octanol–water partition coefficient (Wildman–Crippen LogP) is 4.30. The molecule has 0 unspecified atom stereocenters. The summed E-state index contributed by atoms with van der Waals surface area (Å²) in [4.78, 5) is 21.1. The number of carbonyl (C=O) groups excluding carboxylic acids is 2. The summed E-state index contributed by atoms with van der Waals surface area (Å²) in [6.07, 6.45) is 4.45. The van der Waals surface area contributed by atoms with Crippen molar-refractivity contribution in [3.05, 3.63) is 53.4 Å². The molecule has 22 heavy (non-hydrogen) atoms. The van der Waals surface area contributed by atoms with Crippen molar-refractivity contribution >= 4 is 17.6 Å². The molecule has 0 saturated carbocycles. The van der Waals surface area contributed by atoms with Gasteiger partial charge >= 0.3 is 0 Å². The lowest BCUT2D eigenvalue weighted by Crippen LogP contribution is -1.91. The third-order valence-electron chi connectivity index (χ3n) is 2.76. The van der Waals surface area contributed by atoms with Crippen molar-refractivity contribution in [3.63, 3.8) is 0 Å². The molecule has 4 nitrogen and oxygen atoms in total. The van der Waals surface area contributed by atoms with Crippen LogP contribution in [0, 0.1) is 13.8 Å². The first-order valence-corrected chi connectivity index (χ1v) is 7.16. The zero-order valence-corrected chi connectivity index (χ0v) is 13.5. The van der Waals surface area contributed by atoms with E-state index in [4.69, 9.17) is 8.83 Å². The van der Waals surface area contributed by atoms with E-state index in [0.29, 0.717) is 6.42 Å². The number of hydrogen-bond donors (Lipinski definition) is 0. The minimum Gasteiger partial charge on any atom is -0.466 e. The topological polar surface area (TPSA) is 60.4 Å². The number of allylic oxidation sites excluding steroid dienone is 1.